The van der Waals surface area contributed by atoms with Gasteiger partial charge in [-0.3, -0.25) is 10.1 Å². The fraction of sp³-hybridized carbons (Fsp3) is 0.600. The maximum absolute atomic E-state index is 11.3. The van der Waals surface area contributed by atoms with Gasteiger partial charge >= 0.3 is 6.03 Å². The normalized spacial score (nSPS) is 21.9. The Kier molecular flexibility index (Phi) is 3.28. The average molecular weight is 196 g/mol. The maximum Gasteiger partial charge on any atom is 0.324 e. The Morgan fingerprint density at radius 2 is 2.21 bits per heavy atom. The summed E-state index contributed by atoms with van der Waals surface area (Å²) in [4.78, 5) is 24.1. The zero-order chi connectivity index (χ0) is 10.7. The van der Waals surface area contributed by atoms with E-state index in [9.17, 15) is 9.59 Å². The van der Waals surface area contributed by atoms with Crippen LogP contribution in [0.25, 0.3) is 0 Å². The van der Waals surface area contributed by atoms with Crippen LogP contribution in [-0.4, -0.2) is 29.9 Å². The van der Waals surface area contributed by atoms with Crippen molar-refractivity contribution in [2.24, 2.45) is 5.92 Å². The summed E-state index contributed by atoms with van der Waals surface area (Å²) in [5, 5.41) is 2.32. The van der Waals surface area contributed by atoms with Crippen LogP contribution in [0, 0.1) is 5.92 Å². The summed E-state index contributed by atoms with van der Waals surface area (Å²) in [6.07, 6.45) is 1.97. The van der Waals surface area contributed by atoms with Crippen molar-refractivity contribution in [3.8, 4) is 0 Å². The van der Waals surface area contributed by atoms with Crippen LogP contribution in [0.2, 0.25) is 0 Å². The van der Waals surface area contributed by atoms with Gasteiger partial charge in [0.2, 0.25) is 5.91 Å². The smallest absolute Gasteiger partial charge is 0.320 e. The topological polar surface area (TPSA) is 49.4 Å². The van der Waals surface area contributed by atoms with Crippen LogP contribution in [0.15, 0.2) is 11.6 Å². The fourth-order valence-electron chi connectivity index (χ4n) is 1.25. The van der Waals surface area contributed by atoms with Gasteiger partial charge in [0.05, 0.1) is 5.92 Å². The molecule has 0 aromatic carbocycles. The predicted octanol–water partition coefficient (Wildman–Crippen LogP) is 1.14. The van der Waals surface area contributed by atoms with Gasteiger partial charge in [-0.05, 0) is 13.8 Å². The lowest BCUT2D eigenvalue weighted by Crippen LogP contribution is -2.53. The van der Waals surface area contributed by atoms with Crippen molar-refractivity contribution >= 4 is 11.9 Å². The molecule has 3 amide bonds. The second-order valence-corrected chi connectivity index (χ2v) is 3.88. The minimum Gasteiger partial charge on any atom is -0.320 e. The number of nitrogens with one attached hydrogen (secondary N) is 1. The highest BCUT2D eigenvalue weighted by Gasteiger charge is 2.27. The molecule has 1 heterocycles. The van der Waals surface area contributed by atoms with Crippen LogP contribution in [0.4, 0.5) is 4.79 Å². The van der Waals surface area contributed by atoms with Crippen LogP contribution in [0.3, 0.4) is 0 Å². The van der Waals surface area contributed by atoms with E-state index in [2.05, 4.69) is 5.32 Å². The van der Waals surface area contributed by atoms with Gasteiger partial charge in [0.1, 0.15) is 0 Å². The first kappa shape index (κ1) is 10.8. The van der Waals surface area contributed by atoms with Crippen molar-refractivity contribution in [1.82, 2.24) is 10.2 Å². The molecule has 0 radical (unpaired) electrons. The molecule has 0 saturated carbocycles. The third-order valence-corrected chi connectivity index (χ3v) is 2.18. The van der Waals surface area contributed by atoms with E-state index >= 15 is 0 Å². The number of urea groups is 1. The number of rotatable bonds is 2. The second-order valence-electron chi connectivity index (χ2n) is 3.88. The molecule has 1 N–H and O–H groups in total. The molecular formula is C10H16N2O2. The zero-order valence-corrected chi connectivity index (χ0v) is 8.83. The van der Waals surface area contributed by atoms with Gasteiger partial charge in [0.25, 0.3) is 0 Å². The van der Waals surface area contributed by atoms with Crippen LogP contribution >= 0.6 is 0 Å². The van der Waals surface area contributed by atoms with Crippen molar-refractivity contribution < 1.29 is 9.59 Å². The molecule has 1 fully saturated rings. The Hall–Kier alpha value is -1.32. The van der Waals surface area contributed by atoms with Crippen LogP contribution < -0.4 is 5.32 Å². The summed E-state index contributed by atoms with van der Waals surface area (Å²) in [6, 6.07) is -0.286. The molecule has 0 aromatic rings. The Balaban J connectivity index is 2.58. The average Bonchev–Trinajstić information content (AvgIpc) is 2.09. The highest BCUT2D eigenvalue weighted by atomic mass is 16.2. The lowest BCUT2D eigenvalue weighted by Gasteiger charge is -2.29. The molecule has 0 bridgehead atoms. The Bertz CT molecular complexity index is 280. The molecule has 1 rings (SSSR count). The van der Waals surface area contributed by atoms with Crippen molar-refractivity contribution in [1.29, 1.82) is 0 Å². The number of hydrogen-bond donors (Lipinski definition) is 1. The van der Waals surface area contributed by atoms with Crippen LogP contribution in [0.1, 0.15) is 20.8 Å². The molecule has 14 heavy (non-hydrogen) atoms. The van der Waals surface area contributed by atoms with E-state index in [1.54, 1.807) is 4.90 Å². The summed E-state index contributed by atoms with van der Waals surface area (Å²) in [5.74, 6) is -0.290. The van der Waals surface area contributed by atoms with Gasteiger partial charge in [-0.25, -0.2) is 4.79 Å². The van der Waals surface area contributed by atoms with E-state index < -0.39 is 0 Å². The predicted molar refractivity (Wildman–Crippen MR) is 53.7 cm³/mol. The van der Waals surface area contributed by atoms with Crippen molar-refractivity contribution in [3.05, 3.63) is 11.6 Å². The summed E-state index contributed by atoms with van der Waals surface area (Å²) in [7, 11) is 0. The molecule has 0 aromatic heterocycles. The van der Waals surface area contributed by atoms with Crippen LogP contribution in [0.5, 0.6) is 0 Å². The Morgan fingerprint density at radius 3 is 2.79 bits per heavy atom. The Labute approximate surface area is 84.0 Å². The zero-order valence-electron chi connectivity index (χ0n) is 8.83. The maximum atomic E-state index is 11.3. The van der Waals surface area contributed by atoms with Gasteiger partial charge in [-0.15, -0.1) is 0 Å². The van der Waals surface area contributed by atoms with Crippen molar-refractivity contribution in [2.75, 3.05) is 13.1 Å². The number of hydrogen-bond acceptors (Lipinski definition) is 2. The molecule has 1 saturated heterocycles. The monoisotopic (exact) mass is 196 g/mol. The highest BCUT2D eigenvalue weighted by Crippen LogP contribution is 2.07. The van der Waals surface area contributed by atoms with E-state index in [1.807, 2.05) is 26.8 Å². The summed E-state index contributed by atoms with van der Waals surface area (Å²) < 4.78 is 0. The van der Waals surface area contributed by atoms with E-state index in [0.717, 1.165) is 0 Å². The number of imide groups is 1. The highest BCUT2D eigenvalue weighted by molar-refractivity contribution is 5.97. The fourth-order valence-corrected chi connectivity index (χ4v) is 1.25. The Morgan fingerprint density at radius 1 is 1.57 bits per heavy atom. The lowest BCUT2D eigenvalue weighted by atomic mass is 10.1. The van der Waals surface area contributed by atoms with E-state index in [4.69, 9.17) is 0 Å². The molecule has 1 aliphatic heterocycles. The third-order valence-electron chi connectivity index (χ3n) is 2.18. The third kappa shape index (κ3) is 2.58. The quantitative estimate of drug-likeness (QED) is 0.673. The molecular weight excluding hydrogens is 180 g/mol. The van der Waals surface area contributed by atoms with Crippen molar-refractivity contribution in [3.63, 3.8) is 0 Å². The van der Waals surface area contributed by atoms with Crippen LogP contribution in [-0.2, 0) is 4.79 Å². The number of allylic oxidation sites excluding steroid dienone is 1. The molecule has 1 unspecified atom stereocenters. The standard InChI is InChI=1S/C10H16N2O2/c1-7(2)4-5-12-6-8(3)9(13)11-10(12)14/h4,8H,5-6H2,1-3H3,(H,11,13,14). The largest absolute Gasteiger partial charge is 0.324 e. The molecule has 0 aliphatic carbocycles. The lowest BCUT2D eigenvalue weighted by molar-refractivity contribution is -0.125. The second kappa shape index (κ2) is 4.26. The van der Waals surface area contributed by atoms with Gasteiger partial charge in [-0.2, -0.15) is 0 Å². The van der Waals surface area contributed by atoms with Gasteiger partial charge < -0.3 is 4.90 Å². The number of nitrogens with zero attached hydrogens (tertiary/aromatic N) is 1. The van der Waals surface area contributed by atoms with Crippen molar-refractivity contribution in [2.45, 2.75) is 20.8 Å². The van der Waals surface area contributed by atoms with Gasteiger partial charge in [-0.1, -0.05) is 18.6 Å². The molecule has 78 valence electrons. The first-order valence-corrected chi connectivity index (χ1v) is 4.74. The molecule has 1 atom stereocenters. The minimum atomic E-state index is -0.286. The molecule has 4 heteroatoms. The van der Waals surface area contributed by atoms with E-state index in [1.165, 1.54) is 5.57 Å². The SMILES string of the molecule is CC(C)=CCN1CC(C)C(=O)NC1=O. The van der Waals surface area contributed by atoms with E-state index in [-0.39, 0.29) is 17.9 Å². The van der Waals surface area contributed by atoms with Gasteiger partial charge in [0, 0.05) is 13.1 Å². The summed E-state index contributed by atoms with van der Waals surface area (Å²) in [6.45, 7) is 6.87. The first-order valence-electron chi connectivity index (χ1n) is 4.74. The van der Waals surface area contributed by atoms with Gasteiger partial charge in [0.15, 0.2) is 0 Å². The summed E-state index contributed by atoms with van der Waals surface area (Å²) in [5.41, 5.74) is 1.17. The molecule has 4 nitrogen and oxygen atoms in total. The number of carbonyl (C=O) groups is 2. The molecule has 0 spiro atoms. The number of carbonyl (C=O) groups excluding carboxylic acids is 2. The molecule has 1 aliphatic rings. The minimum absolute atomic E-state index is 0.113. The summed E-state index contributed by atoms with van der Waals surface area (Å²) >= 11 is 0. The van der Waals surface area contributed by atoms with E-state index in [0.29, 0.717) is 13.1 Å². The first-order chi connectivity index (χ1) is 6.50. The number of amides is 3.